The molecule has 2 atom stereocenters. The zero-order valence-electron chi connectivity index (χ0n) is 45.2. The summed E-state index contributed by atoms with van der Waals surface area (Å²) >= 11 is 0. The summed E-state index contributed by atoms with van der Waals surface area (Å²) in [6.07, 6.45) is 69.8. The number of ether oxygens (including phenoxy) is 2. The molecule has 0 aromatic rings. The Bertz CT molecular complexity index is 1550. The first-order valence-corrected chi connectivity index (χ1v) is 29.1. The lowest BCUT2D eigenvalue weighted by atomic mass is 10.0. The predicted octanol–water partition coefficient (Wildman–Crippen LogP) is 16.4. The second-order valence-corrected chi connectivity index (χ2v) is 20.6. The Kier molecular flexibility index (Phi) is 48.2. The topological polar surface area (TPSA) is 111 Å². The van der Waals surface area contributed by atoms with Crippen LogP contribution in [0.2, 0.25) is 0 Å². The molecule has 0 saturated carbocycles. The van der Waals surface area contributed by atoms with E-state index in [0.717, 1.165) is 122 Å². The molecule has 0 aromatic heterocycles. The summed E-state index contributed by atoms with van der Waals surface area (Å²) in [5.74, 6) is -0.859. The molecule has 0 amide bonds. The number of hydrogen-bond acceptors (Lipinski definition) is 8. The molecular weight excluding hydrogens is 894 g/mol. The van der Waals surface area contributed by atoms with Crippen LogP contribution in [0.5, 0.6) is 0 Å². The molecule has 0 aliphatic carbocycles. The number of phosphoric ester groups is 1. The molecule has 0 aliphatic rings. The van der Waals surface area contributed by atoms with Crippen LogP contribution in [0.25, 0.3) is 0 Å². The molecule has 0 aliphatic heterocycles. The van der Waals surface area contributed by atoms with Crippen molar-refractivity contribution in [3.63, 3.8) is 0 Å². The van der Waals surface area contributed by atoms with E-state index in [1.165, 1.54) is 44.9 Å². The van der Waals surface area contributed by atoms with Crippen molar-refractivity contribution >= 4 is 19.8 Å². The summed E-state index contributed by atoms with van der Waals surface area (Å²) in [5, 5.41) is 0. The van der Waals surface area contributed by atoms with Gasteiger partial charge < -0.3 is 27.9 Å². The van der Waals surface area contributed by atoms with Gasteiger partial charge in [-0.25, -0.2) is 0 Å². The third kappa shape index (κ3) is 54.0. The van der Waals surface area contributed by atoms with E-state index in [4.69, 9.17) is 18.5 Å². The third-order valence-corrected chi connectivity index (χ3v) is 12.3. The van der Waals surface area contributed by atoms with Crippen LogP contribution < -0.4 is 4.89 Å². The lowest BCUT2D eigenvalue weighted by Gasteiger charge is -2.28. The fourth-order valence-corrected chi connectivity index (χ4v) is 7.81. The van der Waals surface area contributed by atoms with Gasteiger partial charge in [0.1, 0.15) is 19.8 Å². The first kappa shape index (κ1) is 66.7. The number of nitrogens with zero attached hydrogens (tertiary/aromatic N) is 1. The number of quaternary nitrogens is 1. The molecule has 0 bridgehead atoms. The first-order chi connectivity index (χ1) is 34.0. The molecule has 0 saturated heterocycles. The normalized spacial score (nSPS) is 14.2. The Morgan fingerprint density at radius 1 is 0.443 bits per heavy atom. The van der Waals surface area contributed by atoms with E-state index in [0.29, 0.717) is 23.9 Å². The Morgan fingerprint density at radius 2 is 0.771 bits per heavy atom. The minimum Gasteiger partial charge on any atom is -0.756 e. The number of carbonyl (C=O) groups excluding carboxylic acids is 2. The van der Waals surface area contributed by atoms with Crippen molar-refractivity contribution in [1.29, 1.82) is 0 Å². The molecule has 10 heteroatoms. The fraction of sp³-hybridized carbons (Fsp3) is 0.667. The van der Waals surface area contributed by atoms with Gasteiger partial charge in [0.25, 0.3) is 7.82 Å². The smallest absolute Gasteiger partial charge is 0.306 e. The third-order valence-electron chi connectivity index (χ3n) is 11.3. The van der Waals surface area contributed by atoms with Gasteiger partial charge in [0.15, 0.2) is 6.10 Å². The molecule has 0 fully saturated rings. The number of allylic oxidation sites excluding steroid dienone is 18. The first-order valence-electron chi connectivity index (χ1n) is 27.6. The van der Waals surface area contributed by atoms with Gasteiger partial charge in [-0.3, -0.25) is 14.2 Å². The average Bonchev–Trinajstić information content (AvgIpc) is 3.32. The predicted molar refractivity (Wildman–Crippen MR) is 295 cm³/mol. The maximum atomic E-state index is 12.8. The summed E-state index contributed by atoms with van der Waals surface area (Å²) < 4.78 is 34.1. The summed E-state index contributed by atoms with van der Waals surface area (Å²) in [5.41, 5.74) is 0. The minimum atomic E-state index is -4.65. The van der Waals surface area contributed by atoms with Gasteiger partial charge in [-0.2, -0.15) is 0 Å². The van der Waals surface area contributed by atoms with Crippen LogP contribution in [-0.4, -0.2) is 70.0 Å². The van der Waals surface area contributed by atoms with E-state index < -0.39 is 32.5 Å². The molecule has 2 unspecified atom stereocenters. The van der Waals surface area contributed by atoms with E-state index in [1.54, 1.807) is 0 Å². The molecule has 0 heterocycles. The highest BCUT2D eigenvalue weighted by atomic mass is 31.2. The Labute approximate surface area is 429 Å². The average molecular weight is 996 g/mol. The quantitative estimate of drug-likeness (QED) is 0.0195. The van der Waals surface area contributed by atoms with Crippen molar-refractivity contribution in [3.05, 3.63) is 109 Å². The highest BCUT2D eigenvalue weighted by Gasteiger charge is 2.21. The highest BCUT2D eigenvalue weighted by molar-refractivity contribution is 7.45. The van der Waals surface area contributed by atoms with Crippen molar-refractivity contribution in [1.82, 2.24) is 0 Å². The number of esters is 2. The van der Waals surface area contributed by atoms with Crippen LogP contribution >= 0.6 is 7.82 Å². The van der Waals surface area contributed by atoms with Crippen LogP contribution in [0.15, 0.2) is 109 Å². The van der Waals surface area contributed by atoms with Gasteiger partial charge in [0.05, 0.1) is 27.7 Å². The summed E-state index contributed by atoms with van der Waals surface area (Å²) in [6, 6.07) is 0. The molecule has 400 valence electrons. The number of unbranched alkanes of at least 4 members (excludes halogenated alkanes) is 17. The fourth-order valence-electron chi connectivity index (χ4n) is 7.08. The monoisotopic (exact) mass is 996 g/mol. The number of carbonyl (C=O) groups is 2. The molecule has 9 nitrogen and oxygen atoms in total. The van der Waals surface area contributed by atoms with Crippen LogP contribution in [0.4, 0.5) is 0 Å². The molecule has 70 heavy (non-hydrogen) atoms. The van der Waals surface area contributed by atoms with Gasteiger partial charge in [-0.15, -0.1) is 0 Å². The Balaban J connectivity index is 4.23. The number of hydrogen-bond donors (Lipinski definition) is 0. The second kappa shape index (κ2) is 50.6. The van der Waals surface area contributed by atoms with Crippen molar-refractivity contribution in [3.8, 4) is 0 Å². The zero-order chi connectivity index (χ0) is 51.3. The highest BCUT2D eigenvalue weighted by Crippen LogP contribution is 2.38. The van der Waals surface area contributed by atoms with Crippen molar-refractivity contribution in [2.24, 2.45) is 0 Å². The number of rotatable bonds is 49. The Hall–Kier alpha value is -3.33. The molecule has 0 radical (unpaired) electrons. The number of likely N-dealkylation sites (N-methyl/N-ethyl adjacent to an activating group) is 1. The van der Waals surface area contributed by atoms with Gasteiger partial charge in [-0.05, 0) is 96.3 Å². The zero-order valence-corrected chi connectivity index (χ0v) is 46.1. The van der Waals surface area contributed by atoms with Gasteiger partial charge >= 0.3 is 11.9 Å². The Morgan fingerprint density at radius 3 is 1.14 bits per heavy atom. The van der Waals surface area contributed by atoms with Crippen LogP contribution in [-0.2, 0) is 32.7 Å². The van der Waals surface area contributed by atoms with E-state index in [2.05, 4.69) is 123 Å². The maximum absolute atomic E-state index is 12.8. The lowest BCUT2D eigenvalue weighted by molar-refractivity contribution is -0.870. The molecule has 0 N–H and O–H groups in total. The summed E-state index contributed by atoms with van der Waals surface area (Å²) in [4.78, 5) is 37.8. The van der Waals surface area contributed by atoms with Gasteiger partial charge in [0.2, 0.25) is 0 Å². The van der Waals surface area contributed by atoms with Crippen molar-refractivity contribution < 1.29 is 42.1 Å². The van der Waals surface area contributed by atoms with E-state index >= 15 is 0 Å². The number of phosphoric acid groups is 1. The SMILES string of the molecule is CC/C=C\C/C=C\C/C=C\C/C=C\C/C=C\CCCCCCCCCCCCCC(=O)OC(COC(=O)CCCCCCCC/C=C\C/C=C\C/C=C\C/C=C\CC)COP(=O)([O-])OCC[N+](C)(C)C. The summed E-state index contributed by atoms with van der Waals surface area (Å²) in [6.45, 7) is 3.98. The van der Waals surface area contributed by atoms with E-state index in [9.17, 15) is 19.0 Å². The van der Waals surface area contributed by atoms with E-state index in [1.807, 2.05) is 21.1 Å². The minimum absolute atomic E-state index is 0.0397. The summed E-state index contributed by atoms with van der Waals surface area (Å²) in [7, 11) is 1.14. The van der Waals surface area contributed by atoms with Crippen molar-refractivity contribution in [2.45, 2.75) is 213 Å². The van der Waals surface area contributed by atoms with Crippen molar-refractivity contribution in [2.75, 3.05) is 47.5 Å². The second-order valence-electron chi connectivity index (χ2n) is 19.2. The molecular formula is C60H102NO8P. The standard InChI is InChI=1S/C60H102NO8P/c1-6-8-10-12-14-16-18-20-22-24-26-27-28-29-30-31-32-33-35-37-39-41-43-45-47-49-51-53-60(63)69-58(57-68-70(64,65)67-55-54-61(3,4)5)56-66-59(62)52-50-48-46-44-42-40-38-36-34-25-23-21-19-17-15-13-11-9-7-2/h8-11,14-17,20-23,26-27,29-30,34,36,58H,6-7,12-13,18-19,24-25,28,31-33,35,37-57H2,1-5H3/b10-8-,11-9-,16-14-,17-15-,22-20-,23-21-,27-26-,30-29-,36-34-. The van der Waals surface area contributed by atoms with Crippen LogP contribution in [0, 0.1) is 0 Å². The van der Waals surface area contributed by atoms with Gasteiger partial charge in [0, 0.05) is 12.8 Å². The molecule has 0 spiro atoms. The molecule has 0 rings (SSSR count). The van der Waals surface area contributed by atoms with E-state index in [-0.39, 0.29) is 26.1 Å². The largest absolute Gasteiger partial charge is 0.756 e. The lowest BCUT2D eigenvalue weighted by Crippen LogP contribution is -2.37. The molecule has 0 aromatic carbocycles. The van der Waals surface area contributed by atoms with Crippen LogP contribution in [0.1, 0.15) is 206 Å². The maximum Gasteiger partial charge on any atom is 0.306 e. The van der Waals surface area contributed by atoms with Gasteiger partial charge in [-0.1, -0.05) is 207 Å². The van der Waals surface area contributed by atoms with Crippen LogP contribution in [0.3, 0.4) is 0 Å².